The van der Waals surface area contributed by atoms with Gasteiger partial charge in [0.2, 0.25) is 0 Å². The topological polar surface area (TPSA) is 39.1 Å². The molecule has 2 aliphatic rings. The van der Waals surface area contributed by atoms with Crippen LogP contribution in [-0.2, 0) is 5.41 Å². The quantitative estimate of drug-likeness (QED) is 0.142. The molecule has 1 aliphatic heterocycles. The molecule has 3 heteroatoms. The summed E-state index contributed by atoms with van der Waals surface area (Å²) in [6.07, 6.45) is 2.30. The molecule has 2 N–H and O–H groups in total. The number of nitrogens with zero attached hydrogens (tertiary/aromatic N) is 1. The minimum atomic E-state index is -0.203. The molecule has 0 fully saturated rings. The van der Waals surface area contributed by atoms with Gasteiger partial charge in [0, 0.05) is 44.6 Å². The summed E-state index contributed by atoms with van der Waals surface area (Å²) in [6.45, 7) is 4.70. The third-order valence-corrected chi connectivity index (χ3v) is 13.1. The van der Waals surface area contributed by atoms with E-state index in [-0.39, 0.29) is 5.41 Å². The molecule has 310 valence electrons. The molecular weight excluding hydrogens is 787 g/mol. The first-order valence-corrected chi connectivity index (χ1v) is 22.4. The molecule has 0 radical (unpaired) electrons. The van der Waals surface area contributed by atoms with Crippen LogP contribution in [-0.4, -0.2) is 5.71 Å². The predicted octanol–water partition coefficient (Wildman–Crippen LogP) is 15.8. The zero-order valence-corrected chi connectivity index (χ0v) is 36.5. The highest BCUT2D eigenvalue weighted by molar-refractivity contribution is 6.36. The van der Waals surface area contributed by atoms with Crippen molar-refractivity contribution >= 4 is 45.8 Å². The molecule has 65 heavy (non-hydrogen) atoms. The van der Waals surface area contributed by atoms with Crippen molar-refractivity contribution in [3.8, 4) is 33.4 Å². The van der Waals surface area contributed by atoms with Crippen LogP contribution in [0.3, 0.4) is 0 Å². The normalized spacial score (nSPS) is 14.0. The van der Waals surface area contributed by atoms with Gasteiger partial charge in [-0.05, 0) is 80.4 Å². The molecule has 0 amide bonds. The Kier molecular flexibility index (Phi) is 10.0. The van der Waals surface area contributed by atoms with Gasteiger partial charge in [0.1, 0.15) is 0 Å². The van der Waals surface area contributed by atoms with Gasteiger partial charge >= 0.3 is 0 Å². The highest BCUT2D eigenvalue weighted by Gasteiger charge is 2.36. The highest BCUT2D eigenvalue weighted by atomic mass is 15.1. The Balaban J connectivity index is 1.21. The molecule has 0 saturated carbocycles. The first-order valence-electron chi connectivity index (χ1n) is 22.4. The van der Waals surface area contributed by atoms with Crippen LogP contribution in [0.2, 0.25) is 0 Å². The minimum Gasteiger partial charge on any atom is -0.354 e. The third kappa shape index (κ3) is 6.99. The van der Waals surface area contributed by atoms with Gasteiger partial charge in [0.15, 0.2) is 0 Å². The van der Waals surface area contributed by atoms with Crippen LogP contribution in [0.1, 0.15) is 52.8 Å². The summed E-state index contributed by atoms with van der Waals surface area (Å²) in [7, 11) is 0. The van der Waals surface area contributed by atoms with E-state index in [4.69, 9.17) is 0 Å². The first kappa shape index (κ1) is 39.6. The average Bonchev–Trinajstić information content (AvgIpc) is 3.60. The van der Waals surface area contributed by atoms with Crippen LogP contribution >= 0.6 is 0 Å². The van der Waals surface area contributed by atoms with E-state index in [1.807, 2.05) is 36.4 Å². The molecule has 0 bridgehead atoms. The number of allylic oxidation sites excluding steroid dienone is 1. The largest absolute Gasteiger partial charge is 0.354 e. The van der Waals surface area contributed by atoms with E-state index in [0.717, 1.165) is 73.0 Å². The lowest BCUT2D eigenvalue weighted by Gasteiger charge is -2.34. The van der Waals surface area contributed by atoms with Crippen LogP contribution in [0, 0.1) is 5.41 Å². The number of hydrogen-bond acceptors (Lipinski definition) is 3. The lowest BCUT2D eigenvalue weighted by Crippen LogP contribution is -2.22. The van der Waals surface area contributed by atoms with Gasteiger partial charge in [-0.25, -0.2) is 0 Å². The van der Waals surface area contributed by atoms with E-state index in [1.165, 1.54) is 33.4 Å². The van der Waals surface area contributed by atoms with Gasteiger partial charge in [-0.3, -0.25) is 5.41 Å². The highest BCUT2D eigenvalue weighted by Crippen LogP contribution is 2.53. The van der Waals surface area contributed by atoms with E-state index in [2.05, 4.69) is 224 Å². The summed E-state index contributed by atoms with van der Waals surface area (Å²) < 4.78 is 0. The van der Waals surface area contributed by atoms with Gasteiger partial charge in [-0.1, -0.05) is 220 Å². The monoisotopic (exact) mass is 833 g/mol. The number of nitrogens with one attached hydrogen (secondary N) is 2. The van der Waals surface area contributed by atoms with E-state index in [0.29, 0.717) is 5.71 Å². The minimum absolute atomic E-state index is 0.203. The molecule has 0 atom stereocenters. The Hall–Kier alpha value is -8.27. The molecule has 3 nitrogen and oxygen atoms in total. The third-order valence-electron chi connectivity index (χ3n) is 13.1. The van der Waals surface area contributed by atoms with Crippen LogP contribution in [0.15, 0.2) is 231 Å². The molecular formula is C62H47N3. The second-order valence-corrected chi connectivity index (χ2v) is 17.3. The van der Waals surface area contributed by atoms with Gasteiger partial charge < -0.3 is 10.2 Å². The Bertz CT molecular complexity index is 3310. The maximum absolute atomic E-state index is 9.93. The van der Waals surface area contributed by atoms with Crippen LogP contribution in [0.5, 0.6) is 0 Å². The Labute approximate surface area is 381 Å². The predicted molar refractivity (Wildman–Crippen MR) is 274 cm³/mol. The molecule has 0 spiro atoms. The molecule has 0 aromatic heterocycles. The molecule has 0 unspecified atom stereocenters. The number of benzene rings is 9. The molecule has 0 saturated heterocycles. The Morgan fingerprint density at radius 2 is 0.954 bits per heavy atom. The molecule has 9 aromatic rings. The standard InChI is InChI=1S/C62H47N3/c1-62(2)54-35-19-17-32-49(54)50-39-38-46(40-55(50)62)65(57-36-20-18-33-51(57)48-31-16-15-30-47(48)42-22-7-3-8-23-42)58-37-21-34-52-53(58)41-56(43-24-9-4-10-25-43)64-61(52)59(44-26-11-5-12-27-44)60(63)45-28-13-6-14-29-45/h3-41,63-64H,1-2H3/b61-59-,63-60?. The first-order chi connectivity index (χ1) is 32.0. The van der Waals surface area contributed by atoms with Gasteiger partial charge in [-0.15, -0.1) is 0 Å². The summed E-state index contributed by atoms with van der Waals surface area (Å²) >= 11 is 0. The van der Waals surface area contributed by atoms with E-state index < -0.39 is 0 Å². The number of fused-ring (bicyclic) bond motifs is 4. The maximum Gasteiger partial charge on any atom is 0.0711 e. The second-order valence-electron chi connectivity index (χ2n) is 17.3. The molecule has 11 rings (SSSR count). The molecule has 1 heterocycles. The molecule has 9 aromatic carbocycles. The maximum atomic E-state index is 9.93. The van der Waals surface area contributed by atoms with Gasteiger partial charge in [-0.2, -0.15) is 0 Å². The Morgan fingerprint density at radius 1 is 0.431 bits per heavy atom. The Morgan fingerprint density at radius 3 is 1.66 bits per heavy atom. The van der Waals surface area contributed by atoms with Crippen molar-refractivity contribution in [3.05, 3.63) is 269 Å². The lowest BCUT2D eigenvalue weighted by atomic mass is 9.82. The fraction of sp³-hybridized carbons (Fsp3) is 0.0484. The van der Waals surface area contributed by atoms with E-state index in [1.54, 1.807) is 0 Å². The zero-order valence-electron chi connectivity index (χ0n) is 36.5. The summed E-state index contributed by atoms with van der Waals surface area (Å²) in [5.41, 5.74) is 20.9. The fourth-order valence-corrected chi connectivity index (χ4v) is 9.96. The lowest BCUT2D eigenvalue weighted by molar-refractivity contribution is 0.660. The van der Waals surface area contributed by atoms with Gasteiger partial charge in [0.25, 0.3) is 0 Å². The van der Waals surface area contributed by atoms with Crippen molar-refractivity contribution in [2.45, 2.75) is 19.3 Å². The van der Waals surface area contributed by atoms with Crippen molar-refractivity contribution in [1.29, 1.82) is 5.41 Å². The van der Waals surface area contributed by atoms with Crippen molar-refractivity contribution in [2.24, 2.45) is 0 Å². The smallest absolute Gasteiger partial charge is 0.0711 e. The summed E-state index contributed by atoms with van der Waals surface area (Å²) in [5, 5.41) is 13.8. The summed E-state index contributed by atoms with van der Waals surface area (Å²) in [5.74, 6) is 0. The summed E-state index contributed by atoms with van der Waals surface area (Å²) in [4.78, 5) is 2.47. The van der Waals surface area contributed by atoms with Crippen molar-refractivity contribution in [1.82, 2.24) is 5.32 Å². The zero-order chi connectivity index (χ0) is 43.9. The van der Waals surface area contributed by atoms with Crippen LogP contribution in [0.25, 0.3) is 56.4 Å². The van der Waals surface area contributed by atoms with Crippen molar-refractivity contribution in [2.75, 3.05) is 4.90 Å². The van der Waals surface area contributed by atoms with Crippen LogP contribution in [0.4, 0.5) is 17.1 Å². The van der Waals surface area contributed by atoms with Crippen LogP contribution < -0.4 is 10.2 Å². The van der Waals surface area contributed by atoms with E-state index >= 15 is 0 Å². The number of para-hydroxylation sites is 1. The molecule has 1 aliphatic carbocycles. The van der Waals surface area contributed by atoms with Gasteiger partial charge in [0.05, 0.1) is 22.8 Å². The fourth-order valence-electron chi connectivity index (χ4n) is 9.96. The van der Waals surface area contributed by atoms with Crippen molar-refractivity contribution in [3.63, 3.8) is 0 Å². The SMILES string of the molecule is CC1(C)c2ccccc2-c2ccc(N(c3ccccc3-c3ccccc3-c3ccccc3)c3cccc4c3C=C(c3ccccc3)N/C4=C(\C(=N)c3ccccc3)c3ccccc3)cc21. The summed E-state index contributed by atoms with van der Waals surface area (Å²) in [6, 6.07) is 81.9. The number of hydrogen-bond donors (Lipinski definition) is 2. The second kappa shape index (κ2) is 16.5. The van der Waals surface area contributed by atoms with Crippen molar-refractivity contribution < 1.29 is 0 Å². The number of rotatable bonds is 9. The average molecular weight is 834 g/mol. The number of anilines is 3. The van der Waals surface area contributed by atoms with E-state index in [9.17, 15) is 5.41 Å².